The minimum absolute atomic E-state index is 0.0562. The Kier molecular flexibility index (Phi) is 1.33. The van der Waals surface area contributed by atoms with Gasteiger partial charge in [0.05, 0.1) is 5.41 Å². The lowest BCUT2D eigenvalue weighted by Gasteiger charge is -2.05. The van der Waals surface area contributed by atoms with Gasteiger partial charge in [-0.1, -0.05) is 0 Å². The first-order valence-electron chi connectivity index (χ1n) is 4.80. The predicted molar refractivity (Wildman–Crippen MR) is 44.9 cm³/mol. The third-order valence-electron chi connectivity index (χ3n) is 3.19. The highest BCUT2D eigenvalue weighted by Gasteiger charge is 2.58. The van der Waals surface area contributed by atoms with Crippen molar-refractivity contribution >= 4 is 5.97 Å². The van der Waals surface area contributed by atoms with Gasteiger partial charge < -0.3 is 9.63 Å². The quantitative estimate of drug-likeness (QED) is 0.782. The zero-order valence-corrected chi connectivity index (χ0v) is 7.56. The maximum atomic E-state index is 10.6. The summed E-state index contributed by atoms with van der Waals surface area (Å²) in [6, 6.07) is 0. The summed E-state index contributed by atoms with van der Waals surface area (Å²) < 4.78 is 5.01. The highest BCUT2D eigenvalue weighted by Crippen LogP contribution is 2.61. The van der Waals surface area contributed by atoms with Gasteiger partial charge in [-0.15, -0.1) is 0 Å². The minimum atomic E-state index is -1.12. The summed E-state index contributed by atoms with van der Waals surface area (Å²) >= 11 is 0. The van der Waals surface area contributed by atoms with Crippen LogP contribution in [0.4, 0.5) is 0 Å². The average molecular weight is 194 g/mol. The van der Waals surface area contributed by atoms with E-state index in [4.69, 9.17) is 9.63 Å². The normalized spacial score (nSPS) is 23.4. The van der Waals surface area contributed by atoms with Crippen molar-refractivity contribution in [2.24, 2.45) is 5.92 Å². The molecule has 0 spiro atoms. The standard InChI is InChI=1S/C9H10N2O3/c12-7(13)6-10-8(14-11-6)9(3-4-9)5-1-2-5/h5H,1-4H2,(H,12,13). The molecule has 2 fully saturated rings. The van der Waals surface area contributed by atoms with Crippen LogP contribution in [0.3, 0.4) is 0 Å². The van der Waals surface area contributed by atoms with Crippen molar-refractivity contribution in [1.82, 2.24) is 10.1 Å². The number of carbonyl (C=O) groups is 1. The predicted octanol–water partition coefficient (Wildman–Crippen LogP) is 1.21. The van der Waals surface area contributed by atoms with Crippen LogP contribution in [0.2, 0.25) is 0 Å². The van der Waals surface area contributed by atoms with Crippen molar-refractivity contribution in [3.05, 3.63) is 11.7 Å². The Morgan fingerprint density at radius 1 is 1.50 bits per heavy atom. The van der Waals surface area contributed by atoms with E-state index in [1.54, 1.807) is 0 Å². The van der Waals surface area contributed by atoms with Crippen molar-refractivity contribution in [3.63, 3.8) is 0 Å². The number of hydrogen-bond donors (Lipinski definition) is 1. The van der Waals surface area contributed by atoms with Gasteiger partial charge in [0, 0.05) is 0 Å². The summed E-state index contributed by atoms with van der Waals surface area (Å²) in [4.78, 5) is 14.5. The van der Waals surface area contributed by atoms with E-state index in [-0.39, 0.29) is 11.2 Å². The van der Waals surface area contributed by atoms with Crippen LogP contribution in [0, 0.1) is 5.92 Å². The number of nitrogens with zero attached hydrogens (tertiary/aromatic N) is 2. The summed E-state index contributed by atoms with van der Waals surface area (Å²) in [5.41, 5.74) is 0.0562. The fourth-order valence-electron chi connectivity index (χ4n) is 2.08. The Morgan fingerprint density at radius 3 is 2.64 bits per heavy atom. The van der Waals surface area contributed by atoms with Gasteiger partial charge in [0.25, 0.3) is 5.82 Å². The van der Waals surface area contributed by atoms with E-state index < -0.39 is 5.97 Å². The second-order valence-corrected chi connectivity index (χ2v) is 4.16. The zero-order chi connectivity index (χ0) is 9.76. The number of carboxylic acids is 1. The van der Waals surface area contributed by atoms with Crippen LogP contribution in [0.25, 0.3) is 0 Å². The Labute approximate surface area is 80.1 Å². The molecule has 0 aliphatic heterocycles. The average Bonchev–Trinajstić information content (AvgIpc) is 3.02. The lowest BCUT2D eigenvalue weighted by Crippen LogP contribution is -2.10. The summed E-state index contributed by atoms with van der Waals surface area (Å²) in [7, 11) is 0. The van der Waals surface area contributed by atoms with Crippen LogP contribution in [0.1, 0.15) is 42.2 Å². The minimum Gasteiger partial charge on any atom is -0.475 e. The van der Waals surface area contributed by atoms with E-state index in [2.05, 4.69) is 10.1 Å². The van der Waals surface area contributed by atoms with Gasteiger partial charge in [-0.25, -0.2) is 4.79 Å². The molecular weight excluding hydrogens is 184 g/mol. The summed E-state index contributed by atoms with van der Waals surface area (Å²) in [5.74, 6) is -0.138. The fraction of sp³-hybridized carbons (Fsp3) is 0.667. The molecule has 74 valence electrons. The lowest BCUT2D eigenvalue weighted by atomic mass is 10.0. The Hall–Kier alpha value is -1.39. The van der Waals surface area contributed by atoms with Gasteiger partial charge in [-0.05, 0) is 36.8 Å². The first-order chi connectivity index (χ1) is 6.72. The summed E-state index contributed by atoms with van der Waals surface area (Å²) in [6.45, 7) is 0. The first kappa shape index (κ1) is 7.96. The number of carboxylic acid groups (broad SMARTS) is 1. The molecule has 2 saturated carbocycles. The van der Waals surface area contributed by atoms with Crippen molar-refractivity contribution in [2.45, 2.75) is 31.1 Å². The molecular formula is C9H10N2O3. The Morgan fingerprint density at radius 2 is 2.21 bits per heavy atom. The van der Waals surface area contributed by atoms with Gasteiger partial charge >= 0.3 is 5.97 Å². The van der Waals surface area contributed by atoms with Crippen LogP contribution < -0.4 is 0 Å². The van der Waals surface area contributed by atoms with E-state index in [1.807, 2.05) is 0 Å². The smallest absolute Gasteiger partial charge is 0.377 e. The molecule has 5 heteroatoms. The van der Waals surface area contributed by atoms with Crippen molar-refractivity contribution in [3.8, 4) is 0 Å². The molecule has 1 aromatic heterocycles. The Balaban J connectivity index is 1.92. The van der Waals surface area contributed by atoms with Crippen LogP contribution >= 0.6 is 0 Å². The lowest BCUT2D eigenvalue weighted by molar-refractivity contribution is 0.0680. The van der Waals surface area contributed by atoms with Crippen molar-refractivity contribution < 1.29 is 14.4 Å². The van der Waals surface area contributed by atoms with Gasteiger partial charge in [-0.2, -0.15) is 4.98 Å². The molecule has 0 unspecified atom stereocenters. The van der Waals surface area contributed by atoms with E-state index in [0.29, 0.717) is 11.8 Å². The zero-order valence-electron chi connectivity index (χ0n) is 7.56. The van der Waals surface area contributed by atoms with Crippen molar-refractivity contribution in [2.75, 3.05) is 0 Å². The summed E-state index contributed by atoms with van der Waals surface area (Å²) in [6.07, 6.45) is 4.56. The molecule has 0 aromatic carbocycles. The molecule has 0 radical (unpaired) electrons. The van der Waals surface area contributed by atoms with Crippen molar-refractivity contribution in [1.29, 1.82) is 0 Å². The molecule has 0 saturated heterocycles. The number of aromatic carboxylic acids is 1. The van der Waals surface area contributed by atoms with Crippen LogP contribution in [-0.4, -0.2) is 21.2 Å². The molecule has 0 bridgehead atoms. The highest BCUT2D eigenvalue weighted by atomic mass is 16.5. The monoisotopic (exact) mass is 194 g/mol. The van der Waals surface area contributed by atoms with Crippen LogP contribution in [0.15, 0.2) is 4.52 Å². The number of aromatic nitrogens is 2. The molecule has 14 heavy (non-hydrogen) atoms. The van der Waals surface area contributed by atoms with E-state index in [9.17, 15) is 4.79 Å². The molecule has 1 heterocycles. The maximum Gasteiger partial charge on any atom is 0.377 e. The second-order valence-electron chi connectivity index (χ2n) is 4.16. The number of rotatable bonds is 3. The first-order valence-corrected chi connectivity index (χ1v) is 4.80. The topological polar surface area (TPSA) is 76.2 Å². The molecule has 1 aromatic rings. The summed E-state index contributed by atoms with van der Waals surface area (Å²) in [5, 5.41) is 12.1. The molecule has 1 N–H and O–H groups in total. The fourth-order valence-corrected chi connectivity index (χ4v) is 2.08. The molecule has 5 nitrogen and oxygen atoms in total. The van der Waals surface area contributed by atoms with Crippen LogP contribution in [-0.2, 0) is 5.41 Å². The highest BCUT2D eigenvalue weighted by molar-refractivity contribution is 5.82. The number of hydrogen-bond acceptors (Lipinski definition) is 4. The van der Waals surface area contributed by atoms with Gasteiger partial charge in [0.15, 0.2) is 0 Å². The van der Waals surface area contributed by atoms with E-state index in [1.165, 1.54) is 12.8 Å². The van der Waals surface area contributed by atoms with Crippen LogP contribution in [0.5, 0.6) is 0 Å². The Bertz CT molecular complexity index is 391. The van der Waals surface area contributed by atoms with Gasteiger partial charge in [0.2, 0.25) is 5.89 Å². The maximum absolute atomic E-state index is 10.6. The largest absolute Gasteiger partial charge is 0.475 e. The molecule has 0 atom stereocenters. The van der Waals surface area contributed by atoms with Gasteiger partial charge in [-0.3, -0.25) is 0 Å². The van der Waals surface area contributed by atoms with E-state index >= 15 is 0 Å². The van der Waals surface area contributed by atoms with Gasteiger partial charge in [0.1, 0.15) is 0 Å². The second kappa shape index (κ2) is 2.34. The third-order valence-corrected chi connectivity index (χ3v) is 3.19. The van der Waals surface area contributed by atoms with E-state index in [0.717, 1.165) is 12.8 Å². The molecule has 2 aliphatic rings. The third kappa shape index (κ3) is 0.981. The molecule has 0 amide bonds. The molecule has 3 rings (SSSR count). The molecule has 2 aliphatic carbocycles. The SMILES string of the molecule is O=C(O)c1noc(C2(C3CC3)CC2)n1.